The van der Waals surface area contributed by atoms with Crippen LogP contribution in [-0.2, 0) is 0 Å². The molecule has 0 saturated heterocycles. The summed E-state index contributed by atoms with van der Waals surface area (Å²) in [5.74, 6) is 6.45. The van der Waals surface area contributed by atoms with Crippen LogP contribution in [0.2, 0.25) is 0 Å². The molecule has 108 valence electrons. The lowest BCUT2D eigenvalue weighted by Crippen LogP contribution is -2.32. The van der Waals surface area contributed by atoms with Crippen molar-refractivity contribution in [1.29, 1.82) is 0 Å². The highest BCUT2D eigenvalue weighted by Gasteiger charge is 2.24. The molecule has 0 spiro atoms. The van der Waals surface area contributed by atoms with E-state index in [1.165, 1.54) is 0 Å². The van der Waals surface area contributed by atoms with Gasteiger partial charge in [0.05, 0.1) is 19.0 Å². The van der Waals surface area contributed by atoms with Crippen LogP contribution in [-0.4, -0.2) is 21.9 Å². The summed E-state index contributed by atoms with van der Waals surface area (Å²) in [7, 11) is 1.63. The number of hydrazine groups is 1. The summed E-state index contributed by atoms with van der Waals surface area (Å²) in [6, 6.07) is 3.89. The largest absolute Gasteiger partial charge is 0.493 e. The van der Waals surface area contributed by atoms with E-state index >= 15 is 0 Å². The molecule has 0 aliphatic rings. The van der Waals surface area contributed by atoms with Gasteiger partial charge in [-0.25, -0.2) is 5.43 Å². The molecular weight excluding hydrogens is 254 g/mol. The quantitative estimate of drug-likeness (QED) is 0.642. The minimum atomic E-state index is -0.269. The molecule has 0 aliphatic carbocycles. The van der Waals surface area contributed by atoms with Gasteiger partial charge in [-0.15, -0.1) is 0 Å². The molecule has 1 atom stereocenters. The van der Waals surface area contributed by atoms with E-state index in [2.05, 4.69) is 29.4 Å². The first-order valence-corrected chi connectivity index (χ1v) is 6.58. The van der Waals surface area contributed by atoms with Crippen molar-refractivity contribution in [2.24, 2.45) is 5.84 Å². The lowest BCUT2D eigenvalue weighted by molar-refractivity contribution is 0.393. The van der Waals surface area contributed by atoms with Crippen molar-refractivity contribution < 1.29 is 4.74 Å². The number of ether oxygens (including phenoxy) is 1. The molecule has 2 aromatic heterocycles. The molecule has 6 nitrogen and oxygen atoms in total. The molecule has 0 aromatic carbocycles. The van der Waals surface area contributed by atoms with Crippen LogP contribution in [0, 0.1) is 6.92 Å². The van der Waals surface area contributed by atoms with Gasteiger partial charge in [-0.05, 0) is 38.5 Å². The zero-order valence-electron chi connectivity index (χ0n) is 12.3. The second kappa shape index (κ2) is 6.02. The summed E-state index contributed by atoms with van der Waals surface area (Å²) in [5, 5.41) is 4.37. The van der Waals surface area contributed by atoms with Gasteiger partial charge in [0, 0.05) is 12.2 Å². The fourth-order valence-electron chi connectivity index (χ4n) is 2.22. The summed E-state index contributed by atoms with van der Waals surface area (Å²) in [5.41, 5.74) is 5.66. The normalized spacial score (nSPS) is 12.7. The molecule has 0 bridgehead atoms. The van der Waals surface area contributed by atoms with Gasteiger partial charge in [0.25, 0.3) is 0 Å². The number of methoxy groups -OCH3 is 1. The topological polar surface area (TPSA) is 78.0 Å². The molecule has 1 unspecified atom stereocenters. The van der Waals surface area contributed by atoms with Crippen molar-refractivity contribution in [3.8, 4) is 5.75 Å². The van der Waals surface area contributed by atoms with Gasteiger partial charge >= 0.3 is 0 Å². The predicted molar refractivity (Wildman–Crippen MR) is 77.3 cm³/mol. The zero-order valence-corrected chi connectivity index (χ0v) is 12.3. The lowest BCUT2D eigenvalue weighted by atomic mass is 10.1. The summed E-state index contributed by atoms with van der Waals surface area (Å²) >= 11 is 0. The fraction of sp³-hybridized carbons (Fsp3) is 0.429. The molecule has 6 heteroatoms. The predicted octanol–water partition coefficient (Wildman–Crippen LogP) is 1.73. The van der Waals surface area contributed by atoms with Crippen molar-refractivity contribution in [1.82, 2.24) is 20.2 Å². The summed E-state index contributed by atoms with van der Waals surface area (Å²) in [6.45, 7) is 6.15. The van der Waals surface area contributed by atoms with E-state index in [0.29, 0.717) is 5.75 Å². The van der Waals surface area contributed by atoms with Gasteiger partial charge in [0.2, 0.25) is 0 Å². The molecular formula is C14H21N5O. The van der Waals surface area contributed by atoms with Gasteiger partial charge in [-0.3, -0.25) is 15.5 Å². The Morgan fingerprint density at radius 2 is 2.15 bits per heavy atom. The van der Waals surface area contributed by atoms with E-state index < -0.39 is 0 Å². The van der Waals surface area contributed by atoms with E-state index in [9.17, 15) is 0 Å². The van der Waals surface area contributed by atoms with Crippen LogP contribution in [0.15, 0.2) is 24.5 Å². The average molecular weight is 275 g/mol. The Labute approximate surface area is 118 Å². The fourth-order valence-corrected chi connectivity index (χ4v) is 2.22. The van der Waals surface area contributed by atoms with Crippen molar-refractivity contribution in [2.75, 3.05) is 7.11 Å². The minimum absolute atomic E-state index is 0.203. The highest BCUT2D eigenvalue weighted by Crippen LogP contribution is 2.30. The standard InChI is InChI=1S/C14H21N5O/c1-9(2)19-14(12(20-4)8-17-19)13(18-15)11-7-10(3)5-6-16-11/h5-9,13,18H,15H2,1-4H3. The van der Waals surface area contributed by atoms with Crippen molar-refractivity contribution in [2.45, 2.75) is 32.9 Å². The van der Waals surface area contributed by atoms with Crippen molar-refractivity contribution in [3.05, 3.63) is 41.5 Å². The number of rotatable bonds is 5. The van der Waals surface area contributed by atoms with Gasteiger partial charge < -0.3 is 4.74 Å². The Hall–Kier alpha value is -1.92. The number of pyridine rings is 1. The van der Waals surface area contributed by atoms with Gasteiger partial charge in [0.15, 0.2) is 5.75 Å². The highest BCUT2D eigenvalue weighted by molar-refractivity contribution is 5.35. The molecule has 2 heterocycles. The molecule has 0 saturated carbocycles. The van der Waals surface area contributed by atoms with E-state index in [0.717, 1.165) is 17.0 Å². The third-order valence-corrected chi connectivity index (χ3v) is 3.18. The Bertz CT molecular complexity index is 579. The van der Waals surface area contributed by atoms with Crippen molar-refractivity contribution >= 4 is 0 Å². The first kappa shape index (κ1) is 14.5. The third kappa shape index (κ3) is 2.66. The number of hydrogen-bond donors (Lipinski definition) is 2. The highest BCUT2D eigenvalue weighted by atomic mass is 16.5. The van der Waals surface area contributed by atoms with Crippen LogP contribution < -0.4 is 16.0 Å². The molecule has 20 heavy (non-hydrogen) atoms. The number of aryl methyl sites for hydroxylation is 1. The Balaban J connectivity index is 2.54. The van der Waals surface area contributed by atoms with Crippen LogP contribution >= 0.6 is 0 Å². The monoisotopic (exact) mass is 275 g/mol. The second-order valence-electron chi connectivity index (χ2n) is 4.99. The summed E-state index contributed by atoms with van der Waals surface area (Å²) < 4.78 is 7.30. The van der Waals surface area contributed by atoms with Gasteiger partial charge in [-0.2, -0.15) is 5.10 Å². The maximum Gasteiger partial charge on any atom is 0.162 e. The minimum Gasteiger partial charge on any atom is -0.493 e. The van der Waals surface area contributed by atoms with Crippen LogP contribution in [0.4, 0.5) is 0 Å². The zero-order chi connectivity index (χ0) is 14.7. The summed E-state index contributed by atoms with van der Waals surface area (Å²) in [6.07, 6.45) is 3.48. The summed E-state index contributed by atoms with van der Waals surface area (Å²) in [4.78, 5) is 4.40. The molecule has 2 rings (SSSR count). The third-order valence-electron chi connectivity index (χ3n) is 3.18. The number of nitrogens with one attached hydrogen (secondary N) is 1. The first-order chi connectivity index (χ1) is 9.58. The Kier molecular flexibility index (Phi) is 4.36. The smallest absolute Gasteiger partial charge is 0.162 e. The van der Waals surface area contributed by atoms with Crippen LogP contribution in [0.1, 0.15) is 42.9 Å². The number of aromatic nitrogens is 3. The maximum atomic E-state index is 5.75. The Morgan fingerprint density at radius 3 is 2.70 bits per heavy atom. The second-order valence-corrected chi connectivity index (χ2v) is 4.99. The van der Waals surface area contributed by atoms with Crippen LogP contribution in [0.25, 0.3) is 0 Å². The van der Waals surface area contributed by atoms with Crippen LogP contribution in [0.5, 0.6) is 5.75 Å². The molecule has 0 amide bonds. The SMILES string of the molecule is COc1cnn(C(C)C)c1C(NN)c1cc(C)ccn1. The molecule has 0 fully saturated rings. The number of nitrogens with two attached hydrogens (primary N) is 1. The van der Waals surface area contributed by atoms with E-state index in [4.69, 9.17) is 10.6 Å². The lowest BCUT2D eigenvalue weighted by Gasteiger charge is -2.20. The van der Waals surface area contributed by atoms with Gasteiger partial charge in [-0.1, -0.05) is 0 Å². The van der Waals surface area contributed by atoms with E-state index in [-0.39, 0.29) is 12.1 Å². The van der Waals surface area contributed by atoms with Crippen LogP contribution in [0.3, 0.4) is 0 Å². The molecule has 0 aliphatic heterocycles. The molecule has 0 radical (unpaired) electrons. The molecule has 2 aromatic rings. The van der Waals surface area contributed by atoms with E-state index in [1.807, 2.05) is 23.7 Å². The maximum absolute atomic E-state index is 5.75. The van der Waals surface area contributed by atoms with Gasteiger partial charge in [0.1, 0.15) is 11.7 Å². The Morgan fingerprint density at radius 1 is 1.40 bits per heavy atom. The van der Waals surface area contributed by atoms with Crippen molar-refractivity contribution in [3.63, 3.8) is 0 Å². The number of nitrogens with zero attached hydrogens (tertiary/aromatic N) is 3. The molecule has 3 N–H and O–H groups in total. The average Bonchev–Trinajstić information content (AvgIpc) is 2.84. The first-order valence-electron chi connectivity index (χ1n) is 6.58. The number of hydrogen-bond acceptors (Lipinski definition) is 5. The van der Waals surface area contributed by atoms with E-state index in [1.54, 1.807) is 19.5 Å².